The van der Waals surface area contributed by atoms with Crippen LogP contribution in [0.15, 0.2) is 201 Å². The number of aromatic nitrogens is 5. The molecule has 0 unspecified atom stereocenters. The van der Waals surface area contributed by atoms with Crippen LogP contribution in [-0.2, 0) is 0 Å². The fraction of sp³-hybridized carbons (Fsp3) is 0. The summed E-state index contributed by atoms with van der Waals surface area (Å²) < 4.78 is 7.37. The van der Waals surface area contributed by atoms with Gasteiger partial charge in [0.1, 0.15) is 0 Å². The molecule has 0 amide bonds. The van der Waals surface area contributed by atoms with E-state index < -0.39 is 0 Å². The average Bonchev–Trinajstić information content (AvgIpc) is 3.95. The third kappa shape index (κ3) is 4.55. The molecule has 274 valence electrons. The predicted molar refractivity (Wildman–Crippen MR) is 245 cm³/mol. The van der Waals surface area contributed by atoms with Crippen molar-refractivity contribution in [3.05, 3.63) is 201 Å². The Balaban J connectivity index is 1.11. The molecule has 0 aliphatic rings. The summed E-state index contributed by atoms with van der Waals surface area (Å²) in [6, 6.07) is 64.3. The molecule has 0 aliphatic carbocycles. The highest BCUT2D eigenvalue weighted by molar-refractivity contribution is 6.28. The second-order valence-corrected chi connectivity index (χ2v) is 15.4. The highest BCUT2D eigenvalue weighted by atomic mass is 15.0. The number of para-hydroxylation sites is 3. The minimum absolute atomic E-state index is 1.11. The molecule has 0 fully saturated rings. The van der Waals surface area contributed by atoms with Crippen molar-refractivity contribution >= 4 is 76.2 Å². The second-order valence-electron chi connectivity index (χ2n) is 15.4. The van der Waals surface area contributed by atoms with E-state index in [4.69, 9.17) is 0 Å². The molecule has 0 atom stereocenters. The van der Waals surface area contributed by atoms with Crippen molar-refractivity contribution in [2.45, 2.75) is 0 Å². The normalized spacial score (nSPS) is 12.1. The van der Waals surface area contributed by atoms with Gasteiger partial charge in [-0.2, -0.15) is 0 Å². The van der Waals surface area contributed by atoms with Gasteiger partial charge in [0.25, 0.3) is 0 Å². The van der Waals surface area contributed by atoms with Crippen molar-refractivity contribution in [1.82, 2.24) is 23.7 Å². The molecular weight excluding hydrogens is 719 g/mol. The Hall–Kier alpha value is -8.02. The van der Waals surface area contributed by atoms with Gasteiger partial charge in [0.05, 0.1) is 44.5 Å². The minimum atomic E-state index is 1.11. The number of fused-ring (bicyclic) bond motifs is 6. The molecule has 8 aromatic carbocycles. The Morgan fingerprint density at radius 2 is 0.746 bits per heavy atom. The van der Waals surface area contributed by atoms with E-state index in [1.54, 1.807) is 0 Å². The van der Waals surface area contributed by atoms with Crippen molar-refractivity contribution < 1.29 is 0 Å². The summed E-state index contributed by atoms with van der Waals surface area (Å²) in [5.74, 6) is 0. The Morgan fingerprint density at radius 3 is 1.24 bits per heavy atom. The van der Waals surface area contributed by atoms with Crippen LogP contribution in [0.25, 0.3) is 116 Å². The molecule has 0 saturated heterocycles. The molecule has 5 heteroatoms. The van der Waals surface area contributed by atoms with Crippen LogP contribution in [0.4, 0.5) is 0 Å². The quantitative estimate of drug-likeness (QED) is 0.164. The smallest absolute Gasteiger partial charge is 0.0548 e. The second kappa shape index (κ2) is 12.2. The van der Waals surface area contributed by atoms with E-state index in [0.29, 0.717) is 0 Å². The van der Waals surface area contributed by atoms with Crippen LogP contribution in [0.1, 0.15) is 0 Å². The highest BCUT2D eigenvalue weighted by Gasteiger charge is 2.24. The van der Waals surface area contributed by atoms with E-state index >= 15 is 0 Å². The first-order valence-electron chi connectivity index (χ1n) is 20.1. The van der Waals surface area contributed by atoms with Crippen molar-refractivity contribution in [1.29, 1.82) is 0 Å². The number of nitrogens with zero attached hydrogens (tertiary/aromatic N) is 5. The molecule has 0 spiro atoms. The van der Waals surface area contributed by atoms with Gasteiger partial charge < -0.3 is 13.7 Å². The largest absolute Gasteiger partial charge is 0.309 e. The van der Waals surface area contributed by atoms with E-state index in [1.165, 1.54) is 76.2 Å². The van der Waals surface area contributed by atoms with Gasteiger partial charge in [-0.1, -0.05) is 91.0 Å². The van der Waals surface area contributed by atoms with E-state index in [1.807, 2.05) is 36.9 Å². The molecule has 0 radical (unpaired) electrons. The number of hydrogen-bond donors (Lipinski definition) is 0. The monoisotopic (exact) mass is 751 g/mol. The summed E-state index contributed by atoms with van der Waals surface area (Å²) in [5.41, 5.74) is 15.1. The van der Waals surface area contributed by atoms with Crippen molar-refractivity contribution in [3.8, 4) is 39.3 Å². The zero-order valence-electron chi connectivity index (χ0n) is 31.8. The number of hydrogen-bond acceptors (Lipinski definition) is 2. The Bertz CT molecular complexity index is 3530. The number of pyridine rings is 2. The van der Waals surface area contributed by atoms with Gasteiger partial charge in [-0.15, -0.1) is 0 Å². The van der Waals surface area contributed by atoms with Gasteiger partial charge in [0.2, 0.25) is 0 Å². The van der Waals surface area contributed by atoms with E-state index in [0.717, 1.165) is 39.3 Å². The maximum absolute atomic E-state index is 4.41. The zero-order chi connectivity index (χ0) is 38.6. The molecule has 5 nitrogen and oxygen atoms in total. The molecule has 5 aromatic heterocycles. The lowest BCUT2D eigenvalue weighted by atomic mass is 9.99. The number of rotatable bonds is 5. The summed E-state index contributed by atoms with van der Waals surface area (Å²) in [6.45, 7) is 0. The standard InChI is InChI=1S/C54H33N5/c1-2-12-38(13-3-1)57-51-26-24-47(58-45-16-6-4-14-39(45)43-30-34(18-22-49(43)58)36-10-8-28-55-32-36)41-20-21-42-48(25-27-52(57)54(42)53(41)51)59-46-17-7-5-15-40(46)44-31-35(19-23-50(44)59)37-11-9-29-56-33-37/h1-33H. The maximum atomic E-state index is 4.41. The van der Waals surface area contributed by atoms with Crippen LogP contribution in [0.2, 0.25) is 0 Å². The first-order chi connectivity index (χ1) is 29.3. The van der Waals surface area contributed by atoms with Crippen molar-refractivity contribution in [2.75, 3.05) is 0 Å². The fourth-order valence-corrected chi connectivity index (χ4v) is 9.86. The van der Waals surface area contributed by atoms with Crippen LogP contribution >= 0.6 is 0 Å². The SMILES string of the molecule is c1ccc(-n2c3ccc(-n4c5ccccc5c5cc(-c6cccnc6)ccc54)c4ccc5c(-n6c7ccccc7c7cc(-c8cccnc8)ccc76)ccc2c5c43)cc1. The van der Waals surface area contributed by atoms with Gasteiger partial charge in [0.15, 0.2) is 0 Å². The third-order valence-corrected chi connectivity index (χ3v) is 12.4. The third-order valence-electron chi connectivity index (χ3n) is 12.4. The van der Waals surface area contributed by atoms with Crippen molar-refractivity contribution in [3.63, 3.8) is 0 Å². The van der Waals surface area contributed by atoms with Crippen molar-refractivity contribution in [2.24, 2.45) is 0 Å². The van der Waals surface area contributed by atoms with Gasteiger partial charge in [-0.05, 0) is 96.1 Å². The molecule has 13 aromatic rings. The minimum Gasteiger partial charge on any atom is -0.309 e. The highest BCUT2D eigenvalue weighted by Crippen LogP contribution is 2.46. The van der Waals surface area contributed by atoms with Gasteiger partial charge in [-0.25, -0.2) is 0 Å². The van der Waals surface area contributed by atoms with Crippen LogP contribution in [0, 0.1) is 0 Å². The molecular formula is C54H33N5. The zero-order valence-corrected chi connectivity index (χ0v) is 31.8. The first kappa shape index (κ1) is 32.1. The maximum Gasteiger partial charge on any atom is 0.0548 e. The predicted octanol–water partition coefficient (Wildman–Crippen LogP) is 13.7. The summed E-state index contributed by atoms with van der Waals surface area (Å²) in [6.07, 6.45) is 7.54. The van der Waals surface area contributed by atoms with E-state index in [9.17, 15) is 0 Å². The molecule has 0 N–H and O–H groups in total. The van der Waals surface area contributed by atoms with Gasteiger partial charge in [-0.3, -0.25) is 9.97 Å². The molecule has 0 bridgehead atoms. The molecule has 59 heavy (non-hydrogen) atoms. The Labute approximate surface area is 338 Å². The molecule has 0 saturated carbocycles. The lowest BCUT2D eigenvalue weighted by Gasteiger charge is -2.15. The van der Waals surface area contributed by atoms with E-state index in [2.05, 4.69) is 187 Å². The lowest BCUT2D eigenvalue weighted by Crippen LogP contribution is -1.97. The first-order valence-corrected chi connectivity index (χ1v) is 20.1. The molecule has 13 rings (SSSR count). The number of benzene rings is 8. The molecule has 5 heterocycles. The summed E-state index contributed by atoms with van der Waals surface area (Å²) in [5, 5.41) is 9.87. The van der Waals surface area contributed by atoms with Gasteiger partial charge in [0, 0.05) is 84.7 Å². The Kier molecular flexibility index (Phi) is 6.66. The lowest BCUT2D eigenvalue weighted by molar-refractivity contribution is 1.17. The topological polar surface area (TPSA) is 40.6 Å². The summed E-state index contributed by atoms with van der Waals surface area (Å²) >= 11 is 0. The Morgan fingerprint density at radius 1 is 0.288 bits per heavy atom. The summed E-state index contributed by atoms with van der Waals surface area (Å²) in [7, 11) is 0. The molecule has 0 aliphatic heterocycles. The average molecular weight is 752 g/mol. The van der Waals surface area contributed by atoms with Gasteiger partial charge >= 0.3 is 0 Å². The van der Waals surface area contributed by atoms with Crippen LogP contribution < -0.4 is 0 Å². The summed E-state index contributed by atoms with van der Waals surface area (Å²) in [4.78, 5) is 8.82. The van der Waals surface area contributed by atoms with Crippen LogP contribution in [0.3, 0.4) is 0 Å². The van der Waals surface area contributed by atoms with Crippen LogP contribution in [0.5, 0.6) is 0 Å². The van der Waals surface area contributed by atoms with E-state index in [-0.39, 0.29) is 0 Å². The fourth-order valence-electron chi connectivity index (χ4n) is 9.86. The van der Waals surface area contributed by atoms with Crippen LogP contribution in [-0.4, -0.2) is 23.7 Å².